The number of benzene rings is 2. The van der Waals surface area contributed by atoms with Crippen molar-refractivity contribution in [3.63, 3.8) is 0 Å². The molecule has 3 aromatic rings. The van der Waals surface area contributed by atoms with Gasteiger partial charge in [-0.05, 0) is 48.7 Å². The average Bonchev–Trinajstić information content (AvgIpc) is 3.38. The van der Waals surface area contributed by atoms with Crippen LogP contribution in [0.5, 0.6) is 11.5 Å². The zero-order valence-corrected chi connectivity index (χ0v) is 16.2. The van der Waals surface area contributed by atoms with Gasteiger partial charge in [0, 0.05) is 25.1 Å². The van der Waals surface area contributed by atoms with E-state index in [2.05, 4.69) is 12.1 Å². The van der Waals surface area contributed by atoms with E-state index >= 15 is 0 Å². The predicted molar refractivity (Wildman–Crippen MR) is 110 cm³/mol. The van der Waals surface area contributed by atoms with Crippen LogP contribution in [0.3, 0.4) is 0 Å². The summed E-state index contributed by atoms with van der Waals surface area (Å²) in [6.45, 7) is 1.78. The summed E-state index contributed by atoms with van der Waals surface area (Å²) in [5.74, 6) is 1.83. The van der Waals surface area contributed by atoms with Crippen molar-refractivity contribution in [1.82, 2.24) is 9.88 Å². The van der Waals surface area contributed by atoms with E-state index in [-0.39, 0.29) is 12.7 Å². The SMILES string of the molecule is O=C(/C=C/c1ccc2c(c1)OCO2)N1CCCC(c2nc3ccccc3s2)C1. The second-order valence-corrected chi connectivity index (χ2v) is 8.15. The van der Waals surface area contributed by atoms with Crippen LogP contribution in [0.1, 0.15) is 29.3 Å². The van der Waals surface area contributed by atoms with Crippen LogP contribution in [0.2, 0.25) is 0 Å². The molecule has 1 atom stereocenters. The second kappa shape index (κ2) is 7.28. The van der Waals surface area contributed by atoms with Gasteiger partial charge in [-0.3, -0.25) is 4.79 Å². The van der Waals surface area contributed by atoms with Gasteiger partial charge in [-0.1, -0.05) is 18.2 Å². The van der Waals surface area contributed by atoms with E-state index in [1.54, 1.807) is 17.4 Å². The van der Waals surface area contributed by atoms with Gasteiger partial charge in [0.1, 0.15) is 0 Å². The first-order valence-electron chi connectivity index (χ1n) is 9.48. The van der Waals surface area contributed by atoms with Crippen LogP contribution < -0.4 is 9.47 Å². The highest BCUT2D eigenvalue weighted by molar-refractivity contribution is 7.18. The summed E-state index contributed by atoms with van der Waals surface area (Å²) in [4.78, 5) is 19.4. The van der Waals surface area contributed by atoms with Gasteiger partial charge in [0.05, 0.1) is 15.2 Å². The van der Waals surface area contributed by atoms with Crippen LogP contribution in [-0.4, -0.2) is 35.7 Å². The van der Waals surface area contributed by atoms with Crippen LogP contribution in [0, 0.1) is 0 Å². The summed E-state index contributed by atoms with van der Waals surface area (Å²) >= 11 is 1.75. The Kier molecular flexibility index (Phi) is 4.49. The van der Waals surface area contributed by atoms with Crippen molar-refractivity contribution in [3.05, 3.63) is 59.1 Å². The summed E-state index contributed by atoms with van der Waals surface area (Å²) in [5, 5.41) is 1.14. The van der Waals surface area contributed by atoms with Crippen LogP contribution in [-0.2, 0) is 4.79 Å². The Bertz CT molecular complexity index is 1030. The van der Waals surface area contributed by atoms with Crippen molar-refractivity contribution in [2.24, 2.45) is 0 Å². The number of aromatic nitrogens is 1. The van der Waals surface area contributed by atoms with E-state index < -0.39 is 0 Å². The minimum absolute atomic E-state index is 0.0449. The molecule has 1 aromatic heterocycles. The molecule has 28 heavy (non-hydrogen) atoms. The van der Waals surface area contributed by atoms with Gasteiger partial charge in [-0.2, -0.15) is 0 Å². The molecule has 1 saturated heterocycles. The Labute approximate surface area is 167 Å². The molecule has 2 aliphatic rings. The smallest absolute Gasteiger partial charge is 0.246 e. The number of nitrogens with zero attached hydrogens (tertiary/aromatic N) is 2. The fourth-order valence-electron chi connectivity index (χ4n) is 3.73. The van der Waals surface area contributed by atoms with Gasteiger partial charge in [0.25, 0.3) is 0 Å². The number of para-hydroxylation sites is 1. The molecular weight excluding hydrogens is 372 g/mol. The molecule has 0 bridgehead atoms. The number of carbonyl (C=O) groups is 1. The molecule has 2 aromatic carbocycles. The molecule has 2 aliphatic heterocycles. The fraction of sp³-hybridized carbons (Fsp3) is 0.273. The molecule has 6 heteroatoms. The first kappa shape index (κ1) is 17.3. The lowest BCUT2D eigenvalue weighted by molar-refractivity contribution is -0.127. The van der Waals surface area contributed by atoms with Crippen molar-refractivity contribution in [1.29, 1.82) is 0 Å². The van der Waals surface area contributed by atoms with Crippen molar-refractivity contribution in [3.8, 4) is 11.5 Å². The number of likely N-dealkylation sites (tertiary alicyclic amines) is 1. The third kappa shape index (κ3) is 3.36. The highest BCUT2D eigenvalue weighted by Gasteiger charge is 2.26. The summed E-state index contributed by atoms with van der Waals surface area (Å²) < 4.78 is 11.9. The molecule has 1 amide bonds. The Morgan fingerprint density at radius 2 is 2.07 bits per heavy atom. The Morgan fingerprint density at radius 3 is 3.00 bits per heavy atom. The topological polar surface area (TPSA) is 51.7 Å². The largest absolute Gasteiger partial charge is 0.454 e. The monoisotopic (exact) mass is 392 g/mol. The van der Waals surface area contributed by atoms with E-state index in [1.165, 1.54) is 4.70 Å². The maximum atomic E-state index is 12.7. The molecule has 1 fully saturated rings. The Morgan fingerprint density at radius 1 is 1.18 bits per heavy atom. The minimum Gasteiger partial charge on any atom is -0.454 e. The second-order valence-electron chi connectivity index (χ2n) is 7.09. The van der Waals surface area contributed by atoms with Crippen LogP contribution >= 0.6 is 11.3 Å². The Balaban J connectivity index is 1.28. The number of amides is 1. The van der Waals surface area contributed by atoms with Crippen LogP contribution in [0.4, 0.5) is 0 Å². The first-order chi connectivity index (χ1) is 13.8. The van der Waals surface area contributed by atoms with E-state index in [9.17, 15) is 4.79 Å². The molecule has 142 valence electrons. The number of fused-ring (bicyclic) bond motifs is 2. The molecule has 0 spiro atoms. The fourth-order valence-corrected chi connectivity index (χ4v) is 4.83. The highest BCUT2D eigenvalue weighted by Crippen LogP contribution is 2.34. The molecule has 0 radical (unpaired) electrons. The molecular formula is C22H20N2O3S. The molecule has 5 rings (SSSR count). The predicted octanol–water partition coefficient (Wildman–Crippen LogP) is 4.44. The summed E-state index contributed by atoms with van der Waals surface area (Å²) in [6.07, 6.45) is 5.57. The standard InChI is InChI=1S/C22H20N2O3S/c25-21(10-8-15-7-9-18-19(12-15)27-14-26-18)24-11-3-4-16(13-24)22-23-17-5-1-2-6-20(17)28-22/h1-2,5-10,12,16H,3-4,11,13-14H2/b10-8+. The molecule has 1 unspecified atom stereocenters. The summed E-state index contributed by atoms with van der Waals surface area (Å²) in [5.41, 5.74) is 1.98. The number of rotatable bonds is 3. The number of ether oxygens (including phenoxy) is 2. The molecule has 0 N–H and O–H groups in total. The third-order valence-electron chi connectivity index (χ3n) is 5.21. The number of hydrogen-bond donors (Lipinski definition) is 0. The number of hydrogen-bond acceptors (Lipinski definition) is 5. The van der Waals surface area contributed by atoms with Crippen molar-refractivity contribution < 1.29 is 14.3 Å². The number of piperidine rings is 1. The third-order valence-corrected chi connectivity index (χ3v) is 6.41. The zero-order chi connectivity index (χ0) is 18.9. The van der Waals surface area contributed by atoms with Gasteiger partial charge < -0.3 is 14.4 Å². The lowest BCUT2D eigenvalue weighted by Gasteiger charge is -2.31. The average molecular weight is 392 g/mol. The van der Waals surface area contributed by atoms with Crippen molar-refractivity contribution in [2.75, 3.05) is 19.9 Å². The zero-order valence-electron chi connectivity index (χ0n) is 15.3. The van der Waals surface area contributed by atoms with Gasteiger partial charge >= 0.3 is 0 Å². The molecule has 0 saturated carbocycles. The van der Waals surface area contributed by atoms with Gasteiger partial charge in [-0.15, -0.1) is 11.3 Å². The van der Waals surface area contributed by atoms with E-state index in [0.717, 1.165) is 53.5 Å². The Hall–Kier alpha value is -2.86. The highest BCUT2D eigenvalue weighted by atomic mass is 32.1. The lowest BCUT2D eigenvalue weighted by Crippen LogP contribution is -2.38. The number of thiazole rings is 1. The minimum atomic E-state index is 0.0449. The molecule has 5 nitrogen and oxygen atoms in total. The van der Waals surface area contributed by atoms with Crippen LogP contribution in [0.25, 0.3) is 16.3 Å². The van der Waals surface area contributed by atoms with Gasteiger partial charge in [-0.25, -0.2) is 4.98 Å². The quantitative estimate of drug-likeness (QED) is 0.618. The summed E-state index contributed by atoms with van der Waals surface area (Å²) in [6, 6.07) is 13.9. The van der Waals surface area contributed by atoms with Gasteiger partial charge in [0.15, 0.2) is 11.5 Å². The van der Waals surface area contributed by atoms with E-state index in [4.69, 9.17) is 14.5 Å². The summed E-state index contributed by atoms with van der Waals surface area (Å²) in [7, 11) is 0. The molecule has 3 heterocycles. The normalized spacial score (nSPS) is 18.9. The maximum absolute atomic E-state index is 12.7. The molecule has 0 aliphatic carbocycles. The van der Waals surface area contributed by atoms with Gasteiger partial charge in [0.2, 0.25) is 12.7 Å². The lowest BCUT2D eigenvalue weighted by atomic mass is 9.98. The van der Waals surface area contributed by atoms with Crippen LogP contribution in [0.15, 0.2) is 48.5 Å². The van der Waals surface area contributed by atoms with E-state index in [1.807, 2.05) is 41.3 Å². The van der Waals surface area contributed by atoms with E-state index in [0.29, 0.717) is 5.92 Å². The maximum Gasteiger partial charge on any atom is 0.246 e. The van der Waals surface area contributed by atoms with Crippen molar-refractivity contribution in [2.45, 2.75) is 18.8 Å². The first-order valence-corrected chi connectivity index (χ1v) is 10.3. The number of carbonyl (C=O) groups excluding carboxylic acids is 1. The van der Waals surface area contributed by atoms with Crippen molar-refractivity contribution >= 4 is 33.5 Å².